The maximum Gasteiger partial charge on any atom is 0.243 e. The van der Waals surface area contributed by atoms with Gasteiger partial charge in [0.2, 0.25) is 23.6 Å². The van der Waals surface area contributed by atoms with Crippen molar-refractivity contribution in [2.75, 3.05) is 45.8 Å². The summed E-state index contributed by atoms with van der Waals surface area (Å²) in [4.78, 5) is 78.8. The molecular formula is C32H61N11O6. The van der Waals surface area contributed by atoms with Crippen LogP contribution in [0.1, 0.15) is 79.6 Å². The molecule has 3 aliphatic heterocycles. The Morgan fingerprint density at radius 1 is 0.837 bits per heavy atom. The molecule has 0 saturated carbocycles. The highest BCUT2D eigenvalue weighted by molar-refractivity contribution is 5.95. The number of ketones is 2. The Morgan fingerprint density at radius 3 is 1.90 bits per heavy atom. The average Bonchev–Trinajstić information content (AvgIpc) is 3.05. The van der Waals surface area contributed by atoms with E-state index in [0.29, 0.717) is 38.9 Å². The van der Waals surface area contributed by atoms with Crippen molar-refractivity contribution in [2.24, 2.45) is 22.2 Å². The molecule has 3 heterocycles. The second-order valence-corrected chi connectivity index (χ2v) is 12.4. The first kappa shape index (κ1) is 43.4. The molecule has 3 fully saturated rings. The zero-order valence-corrected chi connectivity index (χ0v) is 28.6. The maximum absolute atomic E-state index is 13.1. The van der Waals surface area contributed by atoms with E-state index in [2.05, 4.69) is 50.7 Å². The Bertz CT molecular complexity index is 1130. The van der Waals surface area contributed by atoms with Crippen LogP contribution in [-0.2, 0) is 28.8 Å². The Balaban J connectivity index is 0.000000670. The number of nitrogens with one attached hydrogen (secondary N) is 6. The predicted molar refractivity (Wildman–Crippen MR) is 188 cm³/mol. The molecule has 0 spiro atoms. The summed E-state index contributed by atoms with van der Waals surface area (Å²) in [5.41, 5.74) is 16.1. The van der Waals surface area contributed by atoms with E-state index in [1.165, 1.54) is 6.92 Å². The van der Waals surface area contributed by atoms with Gasteiger partial charge < -0.3 is 49.1 Å². The highest BCUT2D eigenvalue weighted by atomic mass is 16.2. The van der Waals surface area contributed by atoms with Crippen molar-refractivity contribution in [3.63, 3.8) is 0 Å². The van der Waals surface area contributed by atoms with Gasteiger partial charge in [-0.1, -0.05) is 47.0 Å². The van der Waals surface area contributed by atoms with Crippen molar-refractivity contribution in [2.45, 2.75) is 116 Å². The lowest BCUT2D eigenvalue weighted by Crippen LogP contribution is -2.66. The van der Waals surface area contributed by atoms with Crippen molar-refractivity contribution in [3.8, 4) is 0 Å². The number of nitrogens with two attached hydrogens (primary N) is 3. The largest absolute Gasteiger partial charge is 0.370 e. The molecule has 49 heavy (non-hydrogen) atoms. The van der Waals surface area contributed by atoms with Crippen LogP contribution in [0.25, 0.3) is 0 Å². The van der Waals surface area contributed by atoms with Gasteiger partial charge in [-0.05, 0) is 32.6 Å². The Kier molecular flexibility index (Phi) is 20.2. The first-order valence-corrected chi connectivity index (χ1v) is 17.1. The number of guanidine groups is 1. The van der Waals surface area contributed by atoms with E-state index in [1.807, 2.05) is 0 Å². The molecule has 17 heteroatoms. The smallest absolute Gasteiger partial charge is 0.243 e. The molecule has 3 aliphatic rings. The lowest BCUT2D eigenvalue weighted by Gasteiger charge is -2.39. The highest BCUT2D eigenvalue weighted by Gasteiger charge is 2.39. The fourth-order valence-electron chi connectivity index (χ4n) is 5.67. The normalized spacial score (nSPS) is 25.3. The summed E-state index contributed by atoms with van der Waals surface area (Å²) in [6.45, 7) is 7.53. The van der Waals surface area contributed by atoms with E-state index < -0.39 is 18.1 Å². The number of hydrogen-bond acceptors (Lipinski definition) is 11. The Labute approximate surface area is 290 Å². The van der Waals surface area contributed by atoms with Gasteiger partial charge in [0.1, 0.15) is 12.1 Å². The third-order valence-corrected chi connectivity index (χ3v) is 8.50. The summed E-state index contributed by atoms with van der Waals surface area (Å²) in [7, 11) is 0. The second kappa shape index (κ2) is 22.9. The highest BCUT2D eigenvalue weighted by Crippen LogP contribution is 2.15. The van der Waals surface area contributed by atoms with Gasteiger partial charge >= 0.3 is 0 Å². The van der Waals surface area contributed by atoms with E-state index >= 15 is 0 Å². The van der Waals surface area contributed by atoms with Gasteiger partial charge in [-0.25, -0.2) is 0 Å². The molecule has 4 amide bonds. The van der Waals surface area contributed by atoms with Crippen LogP contribution in [0.5, 0.6) is 0 Å². The minimum Gasteiger partial charge on any atom is -0.370 e. The van der Waals surface area contributed by atoms with E-state index in [9.17, 15) is 28.8 Å². The molecule has 3 saturated heterocycles. The molecule has 0 radical (unpaired) electrons. The first-order chi connectivity index (χ1) is 22.9. The summed E-state index contributed by atoms with van der Waals surface area (Å²) in [5, 5.41) is 17.2. The molecule has 0 bridgehead atoms. The van der Waals surface area contributed by atoms with Gasteiger partial charge in [0.05, 0.1) is 30.7 Å². The lowest BCUT2D eigenvalue weighted by molar-refractivity contribution is -0.139. The molecule has 0 unspecified atom stereocenters. The third-order valence-electron chi connectivity index (χ3n) is 8.50. The van der Waals surface area contributed by atoms with Gasteiger partial charge in [0.25, 0.3) is 0 Å². The van der Waals surface area contributed by atoms with Gasteiger partial charge in [-0.2, -0.15) is 0 Å². The number of carbonyl (C=O) groups is 6. The third kappa shape index (κ3) is 14.8. The van der Waals surface area contributed by atoms with Crippen LogP contribution < -0.4 is 49.1 Å². The van der Waals surface area contributed by atoms with Crippen LogP contribution in [-0.4, -0.2) is 128 Å². The van der Waals surface area contributed by atoms with Gasteiger partial charge in [-0.3, -0.25) is 38.7 Å². The maximum atomic E-state index is 13.1. The fraction of sp³-hybridized carbons (Fsp3) is 0.781. The lowest BCUT2D eigenvalue weighted by atomic mass is 9.99. The summed E-state index contributed by atoms with van der Waals surface area (Å²) < 4.78 is 0. The van der Waals surface area contributed by atoms with Gasteiger partial charge in [0, 0.05) is 39.3 Å². The second-order valence-electron chi connectivity index (χ2n) is 12.4. The molecule has 280 valence electrons. The van der Waals surface area contributed by atoms with E-state index in [4.69, 9.17) is 17.2 Å². The van der Waals surface area contributed by atoms with Crippen molar-refractivity contribution in [1.29, 1.82) is 0 Å². The molecule has 0 aromatic rings. The number of amides is 4. The van der Waals surface area contributed by atoms with Gasteiger partial charge in [0.15, 0.2) is 17.5 Å². The van der Waals surface area contributed by atoms with Crippen molar-refractivity contribution in [1.82, 2.24) is 36.8 Å². The summed E-state index contributed by atoms with van der Waals surface area (Å²) >= 11 is 0. The first-order valence-electron chi connectivity index (χ1n) is 17.1. The number of hydrogen-bond donors (Lipinski definition) is 9. The standard InChI is InChI=1S/C21H39N9O4.C10H18N2O2.CH4/c1-2-3-5-13-19(33)28-14(10-27-13)17(31)12-30-11-15(18(32)25-9-7-22)29-20(34)16(30)6-4-8-26-21(23)24;1-3-4-5-8-10(14)12-9(6-11-8)7(2)13;/h13-16,27H,2-12,22H2,1H3,(H,25,32)(H,28,33)(H,29,34)(H4,23,24,26);8-9,11H,3-6H2,1-2H3,(H,12,14);1H4/t13-,14+,15+,16-;8-,9+;/m00./s1. The topological polar surface area (TPSA) is 268 Å². The Morgan fingerprint density at radius 2 is 1.39 bits per heavy atom. The predicted octanol–water partition coefficient (Wildman–Crippen LogP) is -2.64. The molecule has 12 N–H and O–H groups in total. The number of carbonyl (C=O) groups excluding carboxylic acids is 6. The minimum absolute atomic E-state index is 0. The average molecular weight is 696 g/mol. The van der Waals surface area contributed by atoms with E-state index in [0.717, 1.165) is 32.1 Å². The SMILES string of the molecule is C.CCCC[C@@H]1NC[C@H](C(=O)CN2C[C@H](C(=O)NCCN)NC(=O)[C@@H]2CCCN=C(N)N)NC1=O.CCCC[C@@H]1NC[C@H](C(C)=O)NC1=O. The number of piperazine rings is 3. The zero-order valence-electron chi connectivity index (χ0n) is 28.6. The number of rotatable bonds is 17. The number of nitrogens with zero attached hydrogens (tertiary/aromatic N) is 2. The van der Waals surface area contributed by atoms with Crippen LogP contribution in [0.2, 0.25) is 0 Å². The molecule has 0 aliphatic carbocycles. The van der Waals surface area contributed by atoms with E-state index in [-0.39, 0.29) is 92.9 Å². The van der Waals surface area contributed by atoms with Crippen molar-refractivity contribution < 1.29 is 28.8 Å². The number of unbranched alkanes of at least 4 members (excludes halogenated alkanes) is 2. The molecule has 17 nitrogen and oxygen atoms in total. The van der Waals surface area contributed by atoms with Crippen LogP contribution >= 0.6 is 0 Å². The zero-order chi connectivity index (χ0) is 35.6. The number of Topliss-reactive ketones (excluding diaryl/α,β-unsaturated/α-hetero) is 2. The van der Waals surface area contributed by atoms with Crippen LogP contribution in [0.3, 0.4) is 0 Å². The molecule has 3 rings (SSSR count). The van der Waals surface area contributed by atoms with Crippen LogP contribution in [0.4, 0.5) is 0 Å². The fourth-order valence-corrected chi connectivity index (χ4v) is 5.67. The summed E-state index contributed by atoms with van der Waals surface area (Å²) in [6.07, 6.45) is 6.52. The van der Waals surface area contributed by atoms with Crippen molar-refractivity contribution in [3.05, 3.63) is 0 Å². The molecule has 6 atom stereocenters. The Hall–Kier alpha value is -3.67. The van der Waals surface area contributed by atoms with E-state index in [1.54, 1.807) is 4.90 Å². The molecule has 0 aromatic carbocycles. The monoisotopic (exact) mass is 695 g/mol. The number of aliphatic imine (C=N–C) groups is 1. The quantitative estimate of drug-likeness (QED) is 0.0429. The molecule has 0 aromatic heterocycles. The summed E-state index contributed by atoms with van der Waals surface area (Å²) in [6, 6.07) is -2.86. The van der Waals surface area contributed by atoms with Crippen LogP contribution in [0, 0.1) is 0 Å². The van der Waals surface area contributed by atoms with Crippen molar-refractivity contribution >= 4 is 41.2 Å². The minimum atomic E-state index is -0.807. The molecular weight excluding hydrogens is 634 g/mol. The van der Waals surface area contributed by atoms with Crippen LogP contribution in [0.15, 0.2) is 4.99 Å². The van der Waals surface area contributed by atoms with Gasteiger partial charge in [-0.15, -0.1) is 0 Å². The summed E-state index contributed by atoms with van der Waals surface area (Å²) in [5.74, 6) is -1.18.